The van der Waals surface area contributed by atoms with Crippen LogP contribution in [-0.4, -0.2) is 11.9 Å². The number of carbonyl (C=O) groups excluding carboxylic acids is 1. The molecule has 2 aromatic carbocycles. The summed E-state index contributed by atoms with van der Waals surface area (Å²) in [5.74, 6) is 1.09. The van der Waals surface area contributed by atoms with Crippen molar-refractivity contribution in [1.82, 2.24) is 0 Å². The quantitative estimate of drug-likeness (QED) is 0.793. The van der Waals surface area contributed by atoms with E-state index < -0.39 is 0 Å². The van der Waals surface area contributed by atoms with E-state index in [0.29, 0.717) is 6.42 Å². The third-order valence-electron chi connectivity index (χ3n) is 4.15. The molecule has 2 heteroatoms. The van der Waals surface area contributed by atoms with E-state index in [0.717, 1.165) is 28.9 Å². The predicted octanol–water partition coefficient (Wildman–Crippen LogP) is 4.05. The first kappa shape index (κ1) is 13.9. The molecule has 0 aliphatic carbocycles. The Kier molecular flexibility index (Phi) is 3.54. The van der Waals surface area contributed by atoms with Crippen LogP contribution in [0.1, 0.15) is 39.5 Å². The highest BCUT2D eigenvalue weighted by atomic mass is 16.5. The van der Waals surface area contributed by atoms with Crippen molar-refractivity contribution in [2.45, 2.75) is 39.7 Å². The van der Waals surface area contributed by atoms with Crippen LogP contribution in [-0.2, 0) is 12.8 Å². The van der Waals surface area contributed by atoms with Crippen LogP contribution in [0.3, 0.4) is 0 Å². The molecule has 0 aromatic heterocycles. The molecule has 1 atom stereocenters. The molecule has 21 heavy (non-hydrogen) atoms. The van der Waals surface area contributed by atoms with Gasteiger partial charge in [-0.1, -0.05) is 18.2 Å². The third-order valence-corrected chi connectivity index (χ3v) is 4.15. The Morgan fingerprint density at radius 1 is 1.14 bits per heavy atom. The van der Waals surface area contributed by atoms with E-state index >= 15 is 0 Å². The molecule has 0 radical (unpaired) electrons. The monoisotopic (exact) mass is 280 g/mol. The van der Waals surface area contributed by atoms with Gasteiger partial charge in [0.2, 0.25) is 0 Å². The molecule has 1 unspecified atom stereocenters. The van der Waals surface area contributed by atoms with Gasteiger partial charge in [0.1, 0.15) is 11.9 Å². The summed E-state index contributed by atoms with van der Waals surface area (Å²) in [5, 5.41) is 0. The summed E-state index contributed by atoms with van der Waals surface area (Å²) >= 11 is 0. The zero-order chi connectivity index (χ0) is 15.0. The fraction of sp³-hybridized carbons (Fsp3) is 0.316. The van der Waals surface area contributed by atoms with Gasteiger partial charge in [0.05, 0.1) is 0 Å². The number of hydrogen-bond donors (Lipinski definition) is 0. The number of hydrogen-bond acceptors (Lipinski definition) is 2. The minimum Gasteiger partial charge on any atom is -0.490 e. The highest BCUT2D eigenvalue weighted by Gasteiger charge is 2.20. The first-order valence-electron chi connectivity index (χ1n) is 7.42. The van der Waals surface area contributed by atoms with Crippen LogP contribution in [0.2, 0.25) is 0 Å². The second-order valence-corrected chi connectivity index (χ2v) is 5.97. The molecule has 0 saturated heterocycles. The molecule has 108 valence electrons. The number of fused-ring (bicyclic) bond motifs is 1. The summed E-state index contributed by atoms with van der Waals surface area (Å²) in [5.41, 5.74) is 5.50. The number of aryl methyl sites for hydroxylation is 2. The van der Waals surface area contributed by atoms with Gasteiger partial charge in [0.25, 0.3) is 0 Å². The molecule has 1 aliphatic rings. The number of carbonyl (C=O) groups is 1. The van der Waals surface area contributed by atoms with E-state index in [1.54, 1.807) is 0 Å². The highest BCUT2D eigenvalue weighted by Crippen LogP contribution is 2.29. The number of ketones is 1. The van der Waals surface area contributed by atoms with Gasteiger partial charge in [-0.3, -0.25) is 4.79 Å². The summed E-state index contributed by atoms with van der Waals surface area (Å²) in [7, 11) is 0. The second-order valence-electron chi connectivity index (χ2n) is 5.97. The Bertz CT molecular complexity index is 701. The molecular formula is C19H20O2. The van der Waals surface area contributed by atoms with Gasteiger partial charge in [0.15, 0.2) is 5.78 Å². The van der Waals surface area contributed by atoms with Crippen molar-refractivity contribution in [3.05, 3.63) is 64.2 Å². The number of ether oxygens (including phenoxy) is 1. The average Bonchev–Trinajstić information content (AvgIpc) is 2.82. The maximum absolute atomic E-state index is 12.5. The summed E-state index contributed by atoms with van der Waals surface area (Å²) < 4.78 is 5.68. The molecule has 1 heterocycles. The van der Waals surface area contributed by atoms with Crippen LogP contribution >= 0.6 is 0 Å². The summed E-state index contributed by atoms with van der Waals surface area (Å²) in [6.07, 6.45) is 1.56. The van der Waals surface area contributed by atoms with Crippen molar-refractivity contribution in [2.75, 3.05) is 0 Å². The van der Waals surface area contributed by atoms with Crippen LogP contribution in [0.25, 0.3) is 0 Å². The fourth-order valence-corrected chi connectivity index (χ4v) is 2.80. The van der Waals surface area contributed by atoms with Crippen LogP contribution < -0.4 is 4.74 Å². The van der Waals surface area contributed by atoms with E-state index in [1.807, 2.05) is 24.3 Å². The average molecular weight is 280 g/mol. The number of benzene rings is 2. The normalized spacial score (nSPS) is 16.4. The summed E-state index contributed by atoms with van der Waals surface area (Å²) in [6.45, 7) is 6.22. The molecule has 2 nitrogen and oxygen atoms in total. The minimum atomic E-state index is 0.167. The van der Waals surface area contributed by atoms with Gasteiger partial charge in [-0.25, -0.2) is 0 Å². The largest absolute Gasteiger partial charge is 0.490 e. The molecule has 0 fully saturated rings. The maximum atomic E-state index is 12.5. The molecular weight excluding hydrogens is 260 g/mol. The number of Topliss-reactive ketones (excluding diaryl/α,β-unsaturated/α-hetero) is 1. The first-order chi connectivity index (χ1) is 10.0. The zero-order valence-corrected chi connectivity index (χ0v) is 12.8. The topological polar surface area (TPSA) is 26.3 Å². The van der Waals surface area contributed by atoms with Crippen LogP contribution in [0, 0.1) is 13.8 Å². The Morgan fingerprint density at radius 2 is 1.95 bits per heavy atom. The molecule has 3 rings (SSSR count). The number of rotatable bonds is 3. The molecule has 2 aromatic rings. The van der Waals surface area contributed by atoms with Crippen molar-refractivity contribution < 1.29 is 9.53 Å². The van der Waals surface area contributed by atoms with E-state index in [-0.39, 0.29) is 11.9 Å². The van der Waals surface area contributed by atoms with Gasteiger partial charge < -0.3 is 4.74 Å². The summed E-state index contributed by atoms with van der Waals surface area (Å²) in [6, 6.07) is 12.0. The Morgan fingerprint density at radius 3 is 2.71 bits per heavy atom. The van der Waals surface area contributed by atoms with E-state index in [2.05, 4.69) is 32.9 Å². The van der Waals surface area contributed by atoms with Crippen molar-refractivity contribution in [1.29, 1.82) is 0 Å². The van der Waals surface area contributed by atoms with Crippen molar-refractivity contribution in [3.63, 3.8) is 0 Å². The first-order valence-corrected chi connectivity index (χ1v) is 7.42. The van der Waals surface area contributed by atoms with Gasteiger partial charge in [0, 0.05) is 18.4 Å². The van der Waals surface area contributed by atoms with Gasteiger partial charge in [-0.15, -0.1) is 0 Å². The maximum Gasteiger partial charge on any atom is 0.167 e. The standard InChI is InChI=1S/C19H20O2/c1-12-4-5-15(8-13(12)2)10-18(20)16-6-7-19-17(11-16)9-14(3)21-19/h4-8,11,14H,9-10H2,1-3H3. The zero-order valence-electron chi connectivity index (χ0n) is 12.8. The van der Waals surface area contributed by atoms with Crippen molar-refractivity contribution in [3.8, 4) is 5.75 Å². The van der Waals surface area contributed by atoms with E-state index in [9.17, 15) is 4.79 Å². The van der Waals surface area contributed by atoms with Crippen LogP contribution in [0.5, 0.6) is 5.75 Å². The van der Waals surface area contributed by atoms with Crippen molar-refractivity contribution in [2.24, 2.45) is 0 Å². The van der Waals surface area contributed by atoms with Crippen molar-refractivity contribution >= 4 is 5.78 Å². The molecule has 0 N–H and O–H groups in total. The van der Waals surface area contributed by atoms with Crippen LogP contribution in [0.4, 0.5) is 0 Å². The molecule has 1 aliphatic heterocycles. The Labute approximate surface area is 125 Å². The van der Waals surface area contributed by atoms with Gasteiger partial charge in [-0.05, 0) is 61.2 Å². The highest BCUT2D eigenvalue weighted by molar-refractivity contribution is 5.97. The third kappa shape index (κ3) is 2.85. The predicted molar refractivity (Wildman–Crippen MR) is 84.2 cm³/mol. The second kappa shape index (κ2) is 5.36. The molecule has 0 bridgehead atoms. The Balaban J connectivity index is 1.79. The fourth-order valence-electron chi connectivity index (χ4n) is 2.80. The molecule has 0 amide bonds. The SMILES string of the molecule is Cc1ccc(CC(=O)c2ccc3c(c2)CC(C)O3)cc1C. The molecule has 0 spiro atoms. The Hall–Kier alpha value is -2.09. The molecule has 0 saturated carbocycles. The lowest BCUT2D eigenvalue weighted by Gasteiger charge is -2.06. The van der Waals surface area contributed by atoms with E-state index in [1.165, 1.54) is 11.1 Å². The lowest BCUT2D eigenvalue weighted by atomic mass is 9.98. The van der Waals surface area contributed by atoms with Gasteiger partial charge >= 0.3 is 0 Å². The minimum absolute atomic E-state index is 0.167. The lowest BCUT2D eigenvalue weighted by molar-refractivity contribution is 0.0993. The van der Waals surface area contributed by atoms with Crippen LogP contribution in [0.15, 0.2) is 36.4 Å². The summed E-state index contributed by atoms with van der Waals surface area (Å²) in [4.78, 5) is 12.5. The lowest BCUT2D eigenvalue weighted by Crippen LogP contribution is -2.05. The van der Waals surface area contributed by atoms with Gasteiger partial charge in [-0.2, -0.15) is 0 Å². The van der Waals surface area contributed by atoms with E-state index in [4.69, 9.17) is 4.74 Å². The smallest absolute Gasteiger partial charge is 0.167 e.